The Labute approximate surface area is 156 Å². The van der Waals surface area contributed by atoms with Crippen LogP contribution >= 0.6 is 0 Å². The average Bonchev–Trinajstić information content (AvgIpc) is 3.09. The highest BCUT2D eigenvalue weighted by Gasteiger charge is 2.35. The van der Waals surface area contributed by atoms with E-state index in [0.29, 0.717) is 25.7 Å². The topological polar surface area (TPSA) is 49.9 Å². The Morgan fingerprint density at radius 3 is 2.65 bits per heavy atom. The van der Waals surface area contributed by atoms with Crippen molar-refractivity contribution in [2.75, 3.05) is 26.2 Å². The van der Waals surface area contributed by atoms with Crippen LogP contribution in [0.15, 0.2) is 30.3 Å². The lowest BCUT2D eigenvalue weighted by Gasteiger charge is -2.36. The van der Waals surface area contributed by atoms with Crippen LogP contribution < -0.4 is 0 Å². The van der Waals surface area contributed by atoms with Gasteiger partial charge >= 0.3 is 5.97 Å². The van der Waals surface area contributed by atoms with Crippen molar-refractivity contribution in [3.8, 4) is 0 Å². The summed E-state index contributed by atoms with van der Waals surface area (Å²) >= 11 is 0. The maximum absolute atomic E-state index is 12.9. The lowest BCUT2D eigenvalue weighted by atomic mass is 10.0. The first-order chi connectivity index (χ1) is 12.7. The lowest BCUT2D eigenvalue weighted by molar-refractivity contribution is -0.157. The molecule has 5 heteroatoms. The maximum Gasteiger partial charge on any atom is 0.328 e. The van der Waals surface area contributed by atoms with E-state index in [4.69, 9.17) is 4.74 Å². The quantitative estimate of drug-likeness (QED) is 0.734. The van der Waals surface area contributed by atoms with Gasteiger partial charge in [-0.05, 0) is 57.6 Å². The molecule has 0 N–H and O–H groups in total. The minimum atomic E-state index is -0.397. The van der Waals surface area contributed by atoms with Gasteiger partial charge in [0.05, 0.1) is 13.2 Å². The zero-order valence-electron chi connectivity index (χ0n) is 15.7. The van der Waals surface area contributed by atoms with E-state index >= 15 is 0 Å². The monoisotopic (exact) mass is 358 g/mol. The van der Waals surface area contributed by atoms with Gasteiger partial charge in [0.1, 0.15) is 6.04 Å². The van der Waals surface area contributed by atoms with Gasteiger partial charge in [-0.15, -0.1) is 0 Å². The second-order valence-electron chi connectivity index (χ2n) is 7.31. The summed E-state index contributed by atoms with van der Waals surface area (Å²) in [6.07, 6.45) is 5.91. The van der Waals surface area contributed by atoms with Gasteiger partial charge in [-0.2, -0.15) is 0 Å². The van der Waals surface area contributed by atoms with Crippen molar-refractivity contribution in [2.45, 2.75) is 57.5 Å². The smallest absolute Gasteiger partial charge is 0.328 e. The van der Waals surface area contributed by atoms with Gasteiger partial charge in [0, 0.05) is 12.6 Å². The molecular formula is C21H30N2O3. The average molecular weight is 358 g/mol. The number of carbonyl (C=O) groups excluding carboxylic acids is 2. The molecule has 0 spiro atoms. The second-order valence-corrected chi connectivity index (χ2v) is 7.31. The Bertz CT molecular complexity index is 605. The first kappa shape index (κ1) is 18.9. The van der Waals surface area contributed by atoms with Gasteiger partial charge in [0.25, 0.3) is 0 Å². The predicted octanol–water partition coefficient (Wildman–Crippen LogP) is 2.64. The van der Waals surface area contributed by atoms with Crippen LogP contribution in [0.1, 0.15) is 44.6 Å². The van der Waals surface area contributed by atoms with Gasteiger partial charge < -0.3 is 9.64 Å². The van der Waals surface area contributed by atoms with Crippen LogP contribution in [0.4, 0.5) is 0 Å². The highest BCUT2D eigenvalue weighted by Crippen LogP contribution is 2.23. The number of benzene rings is 1. The molecule has 2 aliphatic rings. The molecule has 0 aromatic heterocycles. The van der Waals surface area contributed by atoms with Crippen LogP contribution in [0.2, 0.25) is 0 Å². The normalized spacial score (nSPS) is 23.8. The lowest BCUT2D eigenvalue weighted by Crippen LogP contribution is -2.52. The van der Waals surface area contributed by atoms with Gasteiger partial charge in [-0.25, -0.2) is 4.79 Å². The molecule has 1 aromatic carbocycles. The Morgan fingerprint density at radius 1 is 1.08 bits per heavy atom. The van der Waals surface area contributed by atoms with Crippen molar-refractivity contribution in [1.29, 1.82) is 0 Å². The zero-order chi connectivity index (χ0) is 18.4. The standard InChI is InChI=1S/C21H30N2O3/c1-2-26-21(25)19-12-6-7-14-23(19)20(24)16-22-13-8-11-18(22)15-17-9-4-3-5-10-17/h3-5,9-10,18-19H,2,6-8,11-16H2,1H3/t18-,19-/m0/s1. The van der Waals surface area contributed by atoms with Crippen LogP contribution in [0.25, 0.3) is 0 Å². The summed E-state index contributed by atoms with van der Waals surface area (Å²) in [5.74, 6) is -0.175. The molecule has 26 heavy (non-hydrogen) atoms. The largest absolute Gasteiger partial charge is 0.464 e. The molecular weight excluding hydrogens is 328 g/mol. The van der Waals surface area contributed by atoms with E-state index in [9.17, 15) is 9.59 Å². The molecule has 0 saturated carbocycles. The fraction of sp³-hybridized carbons (Fsp3) is 0.619. The number of likely N-dealkylation sites (tertiary alicyclic amines) is 2. The van der Waals surface area contributed by atoms with Gasteiger partial charge in [-0.1, -0.05) is 30.3 Å². The third-order valence-electron chi connectivity index (χ3n) is 5.53. The summed E-state index contributed by atoms with van der Waals surface area (Å²) < 4.78 is 5.19. The van der Waals surface area contributed by atoms with E-state index in [1.165, 1.54) is 5.56 Å². The van der Waals surface area contributed by atoms with E-state index in [2.05, 4.69) is 29.2 Å². The Kier molecular flexibility index (Phi) is 6.67. The molecule has 2 aliphatic heterocycles. The number of esters is 1. The number of amides is 1. The second kappa shape index (κ2) is 9.17. The highest BCUT2D eigenvalue weighted by atomic mass is 16.5. The number of carbonyl (C=O) groups is 2. The minimum absolute atomic E-state index is 0.0720. The van der Waals surface area contributed by atoms with Crippen LogP contribution in [0.5, 0.6) is 0 Å². The molecule has 142 valence electrons. The summed E-state index contributed by atoms with van der Waals surface area (Å²) in [7, 11) is 0. The number of nitrogens with zero attached hydrogens (tertiary/aromatic N) is 2. The van der Waals surface area contributed by atoms with Crippen LogP contribution in [-0.2, 0) is 20.7 Å². The number of ether oxygens (including phenoxy) is 1. The fourth-order valence-electron chi connectivity index (χ4n) is 4.20. The minimum Gasteiger partial charge on any atom is -0.464 e. The predicted molar refractivity (Wildman–Crippen MR) is 101 cm³/mol. The Hall–Kier alpha value is -1.88. The third kappa shape index (κ3) is 4.64. The summed E-state index contributed by atoms with van der Waals surface area (Å²) in [6.45, 7) is 4.21. The molecule has 2 saturated heterocycles. The molecule has 1 aromatic rings. The summed E-state index contributed by atoms with van der Waals surface area (Å²) in [5.41, 5.74) is 1.32. The van der Waals surface area contributed by atoms with Crippen molar-refractivity contribution in [1.82, 2.24) is 9.80 Å². The molecule has 0 aliphatic carbocycles. The zero-order valence-corrected chi connectivity index (χ0v) is 15.7. The molecule has 0 radical (unpaired) electrons. The van der Waals surface area contributed by atoms with Crippen molar-refractivity contribution in [2.24, 2.45) is 0 Å². The van der Waals surface area contributed by atoms with E-state index < -0.39 is 6.04 Å². The van der Waals surface area contributed by atoms with Crippen LogP contribution in [-0.4, -0.2) is 60.0 Å². The molecule has 2 atom stereocenters. The number of hydrogen-bond donors (Lipinski definition) is 0. The van der Waals surface area contributed by atoms with Crippen molar-refractivity contribution < 1.29 is 14.3 Å². The van der Waals surface area contributed by atoms with Gasteiger partial charge in [0.15, 0.2) is 0 Å². The van der Waals surface area contributed by atoms with Gasteiger partial charge in [-0.3, -0.25) is 9.69 Å². The van der Waals surface area contributed by atoms with E-state index in [0.717, 1.165) is 45.1 Å². The first-order valence-electron chi connectivity index (χ1n) is 9.93. The van der Waals surface area contributed by atoms with Crippen LogP contribution in [0, 0.1) is 0 Å². The van der Waals surface area contributed by atoms with Crippen molar-refractivity contribution >= 4 is 11.9 Å². The number of piperidine rings is 1. The SMILES string of the molecule is CCOC(=O)[C@@H]1CCCCN1C(=O)CN1CCC[C@H]1Cc1ccccc1. The molecule has 1 amide bonds. The Morgan fingerprint density at radius 2 is 1.88 bits per heavy atom. The molecule has 0 bridgehead atoms. The summed E-state index contributed by atoms with van der Waals surface area (Å²) in [6, 6.07) is 10.5. The summed E-state index contributed by atoms with van der Waals surface area (Å²) in [4.78, 5) is 29.2. The molecule has 2 fully saturated rings. The Balaban J connectivity index is 1.61. The van der Waals surface area contributed by atoms with E-state index in [1.807, 2.05) is 13.0 Å². The summed E-state index contributed by atoms with van der Waals surface area (Å²) in [5, 5.41) is 0. The van der Waals surface area contributed by atoms with Crippen molar-refractivity contribution in [3.63, 3.8) is 0 Å². The van der Waals surface area contributed by atoms with Crippen molar-refractivity contribution in [3.05, 3.63) is 35.9 Å². The molecule has 3 rings (SSSR count). The molecule has 2 heterocycles. The van der Waals surface area contributed by atoms with E-state index in [1.54, 1.807) is 4.90 Å². The van der Waals surface area contributed by atoms with Crippen LogP contribution in [0.3, 0.4) is 0 Å². The molecule has 0 unspecified atom stereocenters. The van der Waals surface area contributed by atoms with E-state index in [-0.39, 0.29) is 11.9 Å². The highest BCUT2D eigenvalue weighted by molar-refractivity contribution is 5.85. The number of rotatable bonds is 6. The fourth-order valence-corrected chi connectivity index (χ4v) is 4.20. The molecule has 5 nitrogen and oxygen atoms in total. The number of hydrogen-bond acceptors (Lipinski definition) is 4. The van der Waals surface area contributed by atoms with Gasteiger partial charge in [0.2, 0.25) is 5.91 Å². The first-order valence-corrected chi connectivity index (χ1v) is 9.93. The maximum atomic E-state index is 12.9. The third-order valence-corrected chi connectivity index (χ3v) is 5.53.